The molecule has 0 aliphatic rings. The summed E-state index contributed by atoms with van der Waals surface area (Å²) >= 11 is 0. The number of rotatable bonds is 5. The van der Waals surface area contributed by atoms with Crippen molar-refractivity contribution in [3.05, 3.63) is 42.5 Å². The van der Waals surface area contributed by atoms with Crippen molar-refractivity contribution >= 4 is 26.8 Å². The lowest BCUT2D eigenvalue weighted by Crippen LogP contribution is -2.44. The summed E-state index contributed by atoms with van der Waals surface area (Å²) in [5, 5.41) is 10.6. The maximum atomic E-state index is 12.4. The molecule has 0 spiro atoms. The number of carbonyl (C=O) groups is 1. The lowest BCUT2D eigenvalue weighted by molar-refractivity contribution is -0.138. The van der Waals surface area contributed by atoms with E-state index in [1.165, 1.54) is 6.07 Å². The highest BCUT2D eigenvalue weighted by Crippen LogP contribution is 2.21. The number of carboxylic acids is 1. The van der Waals surface area contributed by atoms with Gasteiger partial charge in [0.05, 0.1) is 11.3 Å². The van der Waals surface area contributed by atoms with Crippen molar-refractivity contribution in [3.63, 3.8) is 0 Å². The van der Waals surface area contributed by atoms with Crippen LogP contribution in [0.1, 0.15) is 20.3 Å². The number of hydrogen-bond donors (Lipinski definition) is 2. The Balaban J connectivity index is 2.35. The second-order valence-electron chi connectivity index (χ2n) is 5.57. The fourth-order valence-corrected chi connectivity index (χ4v) is 3.62. The molecule has 0 aromatic heterocycles. The van der Waals surface area contributed by atoms with Gasteiger partial charge in [-0.25, -0.2) is 13.1 Å². The van der Waals surface area contributed by atoms with Gasteiger partial charge in [0, 0.05) is 5.54 Å². The van der Waals surface area contributed by atoms with Crippen molar-refractivity contribution < 1.29 is 18.3 Å². The molecule has 2 N–H and O–H groups in total. The number of carboxylic acid groups (broad SMARTS) is 1. The first-order valence-electron chi connectivity index (χ1n) is 6.44. The molecule has 112 valence electrons. The Morgan fingerprint density at radius 1 is 1.14 bits per heavy atom. The maximum Gasteiger partial charge on any atom is 0.305 e. The number of benzene rings is 2. The van der Waals surface area contributed by atoms with Gasteiger partial charge in [0.25, 0.3) is 0 Å². The van der Waals surface area contributed by atoms with Gasteiger partial charge in [-0.3, -0.25) is 4.79 Å². The summed E-state index contributed by atoms with van der Waals surface area (Å²) in [6.07, 6.45) is -0.292. The summed E-state index contributed by atoms with van der Waals surface area (Å²) in [5.41, 5.74) is -1.06. The molecule has 0 amide bonds. The summed E-state index contributed by atoms with van der Waals surface area (Å²) in [4.78, 5) is 10.9. The van der Waals surface area contributed by atoms with Crippen LogP contribution in [0.2, 0.25) is 0 Å². The van der Waals surface area contributed by atoms with Crippen LogP contribution >= 0.6 is 0 Å². The number of hydrogen-bond acceptors (Lipinski definition) is 3. The van der Waals surface area contributed by atoms with Gasteiger partial charge in [-0.2, -0.15) is 0 Å². The zero-order chi connectivity index (χ0) is 15.7. The van der Waals surface area contributed by atoms with Crippen molar-refractivity contribution in [1.29, 1.82) is 0 Å². The van der Waals surface area contributed by atoms with Crippen LogP contribution in [0, 0.1) is 0 Å². The van der Waals surface area contributed by atoms with E-state index in [-0.39, 0.29) is 11.3 Å². The minimum absolute atomic E-state index is 0.125. The molecule has 0 aliphatic heterocycles. The number of nitrogens with one attached hydrogen (secondary N) is 1. The third-order valence-electron chi connectivity index (χ3n) is 3.04. The van der Waals surface area contributed by atoms with E-state index in [0.717, 1.165) is 10.8 Å². The molecule has 0 aliphatic carbocycles. The largest absolute Gasteiger partial charge is 0.481 e. The van der Waals surface area contributed by atoms with E-state index in [0.29, 0.717) is 0 Å². The summed E-state index contributed by atoms with van der Waals surface area (Å²) in [6.45, 7) is 3.08. The Hall–Kier alpha value is -1.92. The van der Waals surface area contributed by atoms with E-state index in [4.69, 9.17) is 5.11 Å². The van der Waals surface area contributed by atoms with Crippen LogP contribution in [0.25, 0.3) is 10.8 Å². The van der Waals surface area contributed by atoms with Gasteiger partial charge in [-0.05, 0) is 36.8 Å². The molecule has 2 aromatic carbocycles. The molecule has 0 saturated carbocycles. The monoisotopic (exact) mass is 307 g/mol. The third kappa shape index (κ3) is 3.80. The van der Waals surface area contributed by atoms with E-state index in [2.05, 4.69) is 4.72 Å². The summed E-state index contributed by atoms with van der Waals surface area (Å²) in [6, 6.07) is 12.3. The molecule has 0 bridgehead atoms. The molecule has 0 unspecified atom stereocenters. The smallest absolute Gasteiger partial charge is 0.305 e. The fraction of sp³-hybridized carbons (Fsp3) is 0.267. The van der Waals surface area contributed by atoms with E-state index >= 15 is 0 Å². The lowest BCUT2D eigenvalue weighted by Gasteiger charge is -2.24. The molecular weight excluding hydrogens is 290 g/mol. The molecule has 0 fully saturated rings. The van der Waals surface area contributed by atoms with Crippen LogP contribution in [0.5, 0.6) is 0 Å². The molecule has 0 saturated heterocycles. The summed E-state index contributed by atoms with van der Waals surface area (Å²) in [5.74, 6) is -1.05. The van der Waals surface area contributed by atoms with Crippen LogP contribution in [0.15, 0.2) is 47.4 Å². The molecule has 5 nitrogen and oxygen atoms in total. The van der Waals surface area contributed by atoms with Crippen molar-refractivity contribution in [2.24, 2.45) is 0 Å². The van der Waals surface area contributed by atoms with Crippen molar-refractivity contribution in [2.45, 2.75) is 30.7 Å². The first-order valence-corrected chi connectivity index (χ1v) is 7.92. The minimum atomic E-state index is -3.77. The van der Waals surface area contributed by atoms with Crippen LogP contribution in [0.3, 0.4) is 0 Å². The second-order valence-corrected chi connectivity index (χ2v) is 7.25. The highest BCUT2D eigenvalue weighted by Gasteiger charge is 2.28. The average Bonchev–Trinajstić information content (AvgIpc) is 2.35. The van der Waals surface area contributed by atoms with E-state index in [9.17, 15) is 13.2 Å². The van der Waals surface area contributed by atoms with E-state index < -0.39 is 21.5 Å². The van der Waals surface area contributed by atoms with E-state index in [1.54, 1.807) is 26.0 Å². The van der Waals surface area contributed by atoms with E-state index in [1.807, 2.05) is 24.3 Å². The normalized spacial score (nSPS) is 12.5. The van der Waals surface area contributed by atoms with Crippen LogP contribution in [-0.4, -0.2) is 25.0 Å². The highest BCUT2D eigenvalue weighted by molar-refractivity contribution is 7.89. The van der Waals surface area contributed by atoms with Gasteiger partial charge in [-0.1, -0.05) is 30.3 Å². The topological polar surface area (TPSA) is 83.5 Å². The molecule has 2 rings (SSSR count). The second kappa shape index (κ2) is 5.46. The van der Waals surface area contributed by atoms with Gasteiger partial charge >= 0.3 is 5.97 Å². The van der Waals surface area contributed by atoms with Gasteiger partial charge in [0.1, 0.15) is 0 Å². The van der Waals surface area contributed by atoms with Crippen molar-refractivity contribution in [3.8, 4) is 0 Å². The average molecular weight is 307 g/mol. The Labute approximate surface area is 123 Å². The Morgan fingerprint density at radius 3 is 2.38 bits per heavy atom. The Morgan fingerprint density at radius 2 is 1.76 bits per heavy atom. The molecule has 0 atom stereocenters. The molecule has 0 radical (unpaired) electrons. The number of fused-ring (bicyclic) bond motifs is 1. The molecule has 0 heterocycles. The van der Waals surface area contributed by atoms with Crippen molar-refractivity contribution in [1.82, 2.24) is 4.72 Å². The number of aliphatic carboxylic acids is 1. The molecule has 21 heavy (non-hydrogen) atoms. The van der Waals surface area contributed by atoms with Gasteiger partial charge < -0.3 is 5.11 Å². The van der Waals surface area contributed by atoms with Gasteiger partial charge in [-0.15, -0.1) is 0 Å². The summed E-state index contributed by atoms with van der Waals surface area (Å²) in [7, 11) is -3.77. The Bertz CT molecular complexity index is 781. The SMILES string of the molecule is CC(C)(CC(=O)O)NS(=O)(=O)c1ccc2ccccc2c1. The van der Waals surface area contributed by atoms with Crippen LogP contribution < -0.4 is 4.72 Å². The molecule has 2 aromatic rings. The standard InChI is InChI=1S/C15H17NO4S/c1-15(2,10-14(17)18)16-21(19,20)13-8-7-11-5-3-4-6-12(11)9-13/h3-9,16H,10H2,1-2H3,(H,17,18). The lowest BCUT2D eigenvalue weighted by atomic mass is 10.0. The summed E-state index contributed by atoms with van der Waals surface area (Å²) < 4.78 is 27.2. The zero-order valence-corrected chi connectivity index (χ0v) is 12.6. The zero-order valence-electron chi connectivity index (χ0n) is 11.8. The number of sulfonamides is 1. The van der Waals surface area contributed by atoms with Gasteiger partial charge in [0.2, 0.25) is 10.0 Å². The van der Waals surface area contributed by atoms with Gasteiger partial charge in [0.15, 0.2) is 0 Å². The van der Waals surface area contributed by atoms with Crippen LogP contribution in [0.4, 0.5) is 0 Å². The highest BCUT2D eigenvalue weighted by atomic mass is 32.2. The molecule has 6 heteroatoms. The van der Waals surface area contributed by atoms with Crippen molar-refractivity contribution in [2.75, 3.05) is 0 Å². The Kier molecular flexibility index (Phi) is 4.02. The maximum absolute atomic E-state index is 12.4. The van der Waals surface area contributed by atoms with Crippen LogP contribution in [-0.2, 0) is 14.8 Å². The first-order chi connectivity index (χ1) is 9.70. The predicted octanol–water partition coefficient (Wildman–Crippen LogP) is 2.37. The third-order valence-corrected chi connectivity index (χ3v) is 4.73. The fourth-order valence-electron chi connectivity index (χ4n) is 2.17. The molecular formula is C15H17NO4S. The quantitative estimate of drug-likeness (QED) is 0.888. The first kappa shape index (κ1) is 15.5. The minimum Gasteiger partial charge on any atom is -0.481 e. The predicted molar refractivity (Wildman–Crippen MR) is 80.6 cm³/mol.